The summed E-state index contributed by atoms with van der Waals surface area (Å²) >= 11 is 6.62. The van der Waals surface area contributed by atoms with Crippen LogP contribution in [0, 0.1) is 0 Å². The molecule has 2 aromatic heterocycles. The summed E-state index contributed by atoms with van der Waals surface area (Å²) in [5.74, 6) is 0.826. The maximum atomic E-state index is 13.8. The number of rotatable bonds is 13. The van der Waals surface area contributed by atoms with Crippen molar-refractivity contribution in [1.29, 1.82) is 0 Å². The summed E-state index contributed by atoms with van der Waals surface area (Å²) in [6.07, 6.45) is 7.49. The van der Waals surface area contributed by atoms with Gasteiger partial charge in [-0.05, 0) is 86.7 Å². The number of halogens is 1. The normalized spacial score (nSPS) is 18.6. The largest absolute Gasteiger partial charge is 0.457 e. The third kappa shape index (κ3) is 8.72. The third-order valence-electron chi connectivity index (χ3n) is 12.4. The Morgan fingerprint density at radius 2 is 1.66 bits per heavy atom. The smallest absolute Gasteiger partial charge is 0.255 e. The molecule has 62 heavy (non-hydrogen) atoms. The second-order valence-corrected chi connectivity index (χ2v) is 16.8. The molecule has 0 aliphatic carbocycles. The van der Waals surface area contributed by atoms with Crippen molar-refractivity contribution in [1.82, 2.24) is 35.0 Å². The summed E-state index contributed by atoms with van der Waals surface area (Å²) in [7, 11) is 0. The van der Waals surface area contributed by atoms with Crippen LogP contribution in [0.15, 0.2) is 79.3 Å². The number of para-hydroxylation sites is 1. The predicted octanol–water partition coefficient (Wildman–Crippen LogP) is 5.79. The summed E-state index contributed by atoms with van der Waals surface area (Å²) in [4.78, 5) is 84.6. The Balaban J connectivity index is 0.709. The summed E-state index contributed by atoms with van der Waals surface area (Å²) in [6, 6.07) is 19.7. The highest BCUT2D eigenvalue weighted by Crippen LogP contribution is 2.33. The number of hydrogen-bond donors (Lipinski definition) is 3. The molecule has 0 unspecified atom stereocenters. The topological polar surface area (TPSA) is 173 Å². The molecule has 320 valence electrons. The van der Waals surface area contributed by atoms with Gasteiger partial charge in [0.1, 0.15) is 35.3 Å². The fourth-order valence-corrected chi connectivity index (χ4v) is 9.24. The molecule has 3 aromatic carbocycles. The van der Waals surface area contributed by atoms with Gasteiger partial charge < -0.3 is 29.7 Å². The average molecular weight is 858 g/mol. The summed E-state index contributed by atoms with van der Waals surface area (Å²) in [5.41, 5.74) is 3.90. The van der Waals surface area contributed by atoms with Gasteiger partial charge in [0.2, 0.25) is 17.7 Å². The molecule has 0 spiro atoms. The van der Waals surface area contributed by atoms with Gasteiger partial charge in [-0.25, -0.2) is 9.97 Å². The van der Waals surface area contributed by atoms with Gasteiger partial charge in [-0.3, -0.25) is 34.2 Å². The molecule has 9 rings (SSSR count). The van der Waals surface area contributed by atoms with Crippen LogP contribution in [0.1, 0.15) is 76.8 Å². The Bertz CT molecular complexity index is 2520. The van der Waals surface area contributed by atoms with Crippen molar-refractivity contribution in [2.75, 3.05) is 56.0 Å². The van der Waals surface area contributed by atoms with Crippen molar-refractivity contribution in [3.63, 3.8) is 0 Å². The van der Waals surface area contributed by atoms with E-state index in [-0.39, 0.29) is 41.0 Å². The fourth-order valence-electron chi connectivity index (χ4n) is 8.99. The minimum absolute atomic E-state index is 0.0681. The molecule has 3 fully saturated rings. The molecule has 0 bridgehead atoms. The quantitative estimate of drug-likeness (QED) is 0.0744. The van der Waals surface area contributed by atoms with Crippen molar-refractivity contribution < 1.29 is 28.7 Å². The summed E-state index contributed by atoms with van der Waals surface area (Å²) < 4.78 is 5.89. The number of imide groups is 1. The van der Waals surface area contributed by atoms with Crippen LogP contribution < -0.4 is 20.3 Å². The van der Waals surface area contributed by atoms with Crippen LogP contribution in [0.2, 0.25) is 5.02 Å². The number of anilines is 2. The van der Waals surface area contributed by atoms with Crippen molar-refractivity contribution in [3.8, 4) is 11.5 Å². The van der Waals surface area contributed by atoms with Gasteiger partial charge >= 0.3 is 0 Å². The van der Waals surface area contributed by atoms with E-state index in [9.17, 15) is 24.0 Å². The number of amides is 4. The molecule has 4 aliphatic heterocycles. The number of nitrogens with one attached hydrogen (secondary N) is 3. The molecule has 4 aliphatic rings. The van der Waals surface area contributed by atoms with Gasteiger partial charge in [0, 0.05) is 93.8 Å². The lowest BCUT2D eigenvalue weighted by Gasteiger charge is -2.36. The Hall–Kier alpha value is -6.32. The monoisotopic (exact) mass is 857 g/mol. The lowest BCUT2D eigenvalue weighted by atomic mass is 10.0. The highest BCUT2D eigenvalue weighted by Gasteiger charge is 2.39. The van der Waals surface area contributed by atoms with E-state index >= 15 is 0 Å². The first-order chi connectivity index (χ1) is 30.2. The number of piperazine rings is 1. The van der Waals surface area contributed by atoms with Crippen LogP contribution in [-0.2, 0) is 20.9 Å². The number of fused-ring (bicyclic) bond motifs is 2. The van der Waals surface area contributed by atoms with E-state index in [2.05, 4.69) is 41.5 Å². The van der Waals surface area contributed by atoms with Gasteiger partial charge in [-0.1, -0.05) is 29.8 Å². The molecule has 3 N–H and O–H groups in total. The molecular weight excluding hydrogens is 810 g/mol. The van der Waals surface area contributed by atoms with Crippen molar-refractivity contribution >= 4 is 63.6 Å². The second-order valence-electron chi connectivity index (χ2n) is 16.4. The van der Waals surface area contributed by atoms with Gasteiger partial charge in [-0.2, -0.15) is 0 Å². The number of carbonyl (C=O) groups is 5. The van der Waals surface area contributed by atoms with Crippen LogP contribution in [0.3, 0.4) is 0 Å². The van der Waals surface area contributed by atoms with E-state index in [0.717, 1.165) is 69.7 Å². The molecule has 4 amide bonds. The first-order valence-electron chi connectivity index (χ1n) is 21.4. The number of carbonyl (C=O) groups excluding carboxylic acids is 5. The molecule has 1 atom stereocenters. The molecule has 15 nitrogen and oxygen atoms in total. The van der Waals surface area contributed by atoms with Crippen molar-refractivity contribution in [2.45, 2.75) is 63.6 Å². The number of unbranched alkanes of at least 4 members (excludes halogenated alkanes) is 1. The van der Waals surface area contributed by atoms with Crippen LogP contribution in [0.25, 0.3) is 11.0 Å². The Morgan fingerprint density at radius 3 is 2.44 bits per heavy atom. The Morgan fingerprint density at radius 1 is 0.855 bits per heavy atom. The molecule has 3 saturated heterocycles. The highest BCUT2D eigenvalue weighted by molar-refractivity contribution is 6.35. The zero-order valence-corrected chi connectivity index (χ0v) is 35.0. The number of piperidine rings is 2. The number of likely N-dealkylation sites (tertiary alicyclic amines) is 1. The zero-order valence-electron chi connectivity index (χ0n) is 34.3. The zero-order chi connectivity index (χ0) is 42.7. The lowest BCUT2D eigenvalue weighted by molar-refractivity contribution is -0.137. The standard InChI is InChI=1S/C46H48ClN9O6/c47-37-25-33(62-32-6-2-1-3-7-32)10-12-35(37)42(59)36-26-48-43-41(36)44(50-28-49-43)51-30-15-18-55(19-16-30)40(58)8-4-5-17-53-20-22-54(23-21-53)31-9-11-34-29(24-31)27-56(46(34)61)38-13-14-39(57)52-45(38)60/h1-3,6-7,9-12,24-26,28,30,38H,4-5,8,13-23,27H2,(H,52,57,60)(H2,48,49,50,51)/t38-/m0/s1. The molecule has 6 heterocycles. The highest BCUT2D eigenvalue weighted by atomic mass is 35.5. The number of aromatic amines is 1. The SMILES string of the molecule is O=C1CC[C@H](N2Cc3cc(N4CCN(CCCCC(=O)N5CCC(Nc6ncnc7[nH]cc(C(=O)c8ccc(Oc9ccccc9)cc8Cl)c67)CC5)CC4)ccc3C2=O)C(=O)N1. The van der Waals surface area contributed by atoms with Crippen LogP contribution in [0.4, 0.5) is 11.5 Å². The first kappa shape index (κ1) is 41.1. The van der Waals surface area contributed by atoms with Crippen molar-refractivity contribution in [3.05, 3.63) is 107 Å². The van der Waals surface area contributed by atoms with E-state index in [1.165, 1.54) is 6.33 Å². The summed E-state index contributed by atoms with van der Waals surface area (Å²) in [5, 5.41) is 6.77. The van der Waals surface area contributed by atoms with E-state index in [1.807, 2.05) is 47.4 Å². The average Bonchev–Trinajstić information content (AvgIpc) is 3.87. The van der Waals surface area contributed by atoms with Crippen LogP contribution in [0.5, 0.6) is 11.5 Å². The maximum absolute atomic E-state index is 13.8. The number of nitrogens with zero attached hydrogens (tertiary/aromatic N) is 6. The lowest BCUT2D eigenvalue weighted by Crippen LogP contribution is -2.52. The van der Waals surface area contributed by atoms with Crippen molar-refractivity contribution in [2.24, 2.45) is 0 Å². The van der Waals surface area contributed by atoms with E-state index < -0.39 is 11.9 Å². The predicted molar refractivity (Wildman–Crippen MR) is 234 cm³/mol. The maximum Gasteiger partial charge on any atom is 0.255 e. The van der Waals surface area contributed by atoms with Gasteiger partial charge in [0.25, 0.3) is 5.91 Å². The second kappa shape index (κ2) is 18.0. The number of benzene rings is 3. The minimum Gasteiger partial charge on any atom is -0.457 e. The molecule has 5 aromatic rings. The third-order valence-corrected chi connectivity index (χ3v) is 12.7. The Labute approximate surface area is 363 Å². The van der Waals surface area contributed by atoms with E-state index in [0.29, 0.717) is 77.5 Å². The van der Waals surface area contributed by atoms with E-state index in [4.69, 9.17) is 16.3 Å². The number of aromatic nitrogens is 3. The Kier molecular flexibility index (Phi) is 11.9. The molecular formula is C46H48ClN9O6. The van der Waals surface area contributed by atoms with Gasteiger partial charge in [0.15, 0.2) is 5.78 Å². The summed E-state index contributed by atoms with van der Waals surface area (Å²) in [6.45, 7) is 6.14. The van der Waals surface area contributed by atoms with Gasteiger partial charge in [-0.15, -0.1) is 0 Å². The fraction of sp³-hybridized carbons (Fsp3) is 0.370. The number of ether oxygens (including phenoxy) is 1. The molecule has 0 radical (unpaired) electrons. The van der Waals surface area contributed by atoms with E-state index in [1.54, 1.807) is 29.3 Å². The number of H-pyrrole nitrogens is 1. The number of ketones is 1. The minimum atomic E-state index is -0.619. The van der Waals surface area contributed by atoms with Gasteiger partial charge in [0.05, 0.1) is 16.0 Å². The van der Waals surface area contributed by atoms with Crippen LogP contribution >= 0.6 is 11.6 Å². The number of hydrogen-bond acceptors (Lipinski definition) is 11. The van der Waals surface area contributed by atoms with Crippen LogP contribution in [-0.4, -0.2) is 117 Å². The molecule has 16 heteroatoms. The first-order valence-corrected chi connectivity index (χ1v) is 21.7. The molecule has 0 saturated carbocycles.